The van der Waals surface area contributed by atoms with Gasteiger partial charge in [-0.15, -0.1) is 0 Å². The Labute approximate surface area is 93.1 Å². The van der Waals surface area contributed by atoms with Gasteiger partial charge in [-0.05, 0) is 13.0 Å². The molecule has 5 nitrogen and oxygen atoms in total. The Morgan fingerprint density at radius 1 is 1.25 bits per heavy atom. The predicted molar refractivity (Wildman–Crippen MR) is 59.0 cm³/mol. The Kier molecular flexibility index (Phi) is 3.76. The Balaban J connectivity index is 3.06. The van der Waals surface area contributed by atoms with Gasteiger partial charge in [-0.25, -0.2) is 4.79 Å². The van der Waals surface area contributed by atoms with Crippen molar-refractivity contribution in [2.45, 2.75) is 12.0 Å². The van der Waals surface area contributed by atoms with E-state index in [1.54, 1.807) is 18.2 Å². The highest BCUT2D eigenvalue weighted by molar-refractivity contribution is 6.15. The summed E-state index contributed by atoms with van der Waals surface area (Å²) in [5.74, 6) is -1.97. The number of carboxylic acid groups (broad SMARTS) is 1. The van der Waals surface area contributed by atoms with Gasteiger partial charge in [-0.2, -0.15) is 0 Å². The van der Waals surface area contributed by atoms with Gasteiger partial charge in [0.25, 0.3) is 0 Å². The van der Waals surface area contributed by atoms with Gasteiger partial charge in [0.1, 0.15) is 0 Å². The van der Waals surface area contributed by atoms with E-state index < -0.39 is 17.3 Å². The summed E-state index contributed by atoms with van der Waals surface area (Å²) in [6.07, 6.45) is -0.0872. The number of carboxylic acids is 1. The minimum atomic E-state index is -1.93. The average molecular weight is 222 g/mol. The van der Waals surface area contributed by atoms with Crippen LogP contribution in [0.15, 0.2) is 30.3 Å². The van der Waals surface area contributed by atoms with Gasteiger partial charge in [0, 0.05) is 5.56 Å². The molecule has 0 aliphatic heterocycles. The number of carbonyl (C=O) groups excluding carboxylic acids is 1. The van der Waals surface area contributed by atoms with Crippen molar-refractivity contribution < 1.29 is 14.7 Å². The third-order valence-corrected chi connectivity index (χ3v) is 2.36. The third kappa shape index (κ3) is 2.26. The minimum Gasteiger partial charge on any atom is -0.480 e. The van der Waals surface area contributed by atoms with Crippen LogP contribution in [-0.4, -0.2) is 28.9 Å². The lowest BCUT2D eigenvalue weighted by Gasteiger charge is -2.22. The summed E-state index contributed by atoms with van der Waals surface area (Å²) in [5, 5.41) is 8.99. The van der Waals surface area contributed by atoms with Crippen molar-refractivity contribution in [3.05, 3.63) is 35.9 Å². The lowest BCUT2D eigenvalue weighted by molar-refractivity contribution is -0.141. The topological polar surface area (TPSA) is 106 Å². The van der Waals surface area contributed by atoms with Crippen molar-refractivity contribution in [3.63, 3.8) is 0 Å². The third-order valence-electron chi connectivity index (χ3n) is 2.36. The summed E-state index contributed by atoms with van der Waals surface area (Å²) < 4.78 is 0. The highest BCUT2D eigenvalue weighted by atomic mass is 16.4. The minimum absolute atomic E-state index is 0.0430. The van der Waals surface area contributed by atoms with Gasteiger partial charge in [-0.1, -0.05) is 30.3 Å². The molecule has 86 valence electrons. The molecule has 0 aromatic heterocycles. The Hall–Kier alpha value is -1.72. The van der Waals surface area contributed by atoms with Crippen molar-refractivity contribution in [1.82, 2.24) is 0 Å². The van der Waals surface area contributed by atoms with Crippen LogP contribution in [0.2, 0.25) is 0 Å². The van der Waals surface area contributed by atoms with Crippen LogP contribution in [0.5, 0.6) is 0 Å². The molecular weight excluding hydrogens is 208 g/mol. The maximum Gasteiger partial charge on any atom is 0.331 e. The summed E-state index contributed by atoms with van der Waals surface area (Å²) in [5.41, 5.74) is 9.21. The molecule has 0 saturated heterocycles. The van der Waals surface area contributed by atoms with E-state index in [2.05, 4.69) is 0 Å². The number of rotatable bonds is 5. The molecule has 0 fully saturated rings. The van der Waals surface area contributed by atoms with E-state index >= 15 is 0 Å². The van der Waals surface area contributed by atoms with Crippen LogP contribution < -0.4 is 11.5 Å². The molecule has 1 aromatic rings. The number of hydrogen-bond donors (Lipinski definition) is 3. The Morgan fingerprint density at radius 3 is 2.25 bits per heavy atom. The standard InChI is InChI=1S/C11H14N2O3/c12-7-6-11(13,10(15)16)9(14)8-4-2-1-3-5-8/h1-5H,6-7,12-13H2,(H,15,16). The first-order valence-corrected chi connectivity index (χ1v) is 4.84. The van der Waals surface area contributed by atoms with Crippen LogP contribution in [0.25, 0.3) is 0 Å². The molecule has 1 aromatic carbocycles. The summed E-state index contributed by atoms with van der Waals surface area (Å²) in [7, 11) is 0. The molecule has 0 amide bonds. The number of hydrogen-bond acceptors (Lipinski definition) is 4. The van der Waals surface area contributed by atoms with Gasteiger partial charge in [-0.3, -0.25) is 4.79 Å². The van der Waals surface area contributed by atoms with Gasteiger partial charge < -0.3 is 16.6 Å². The fourth-order valence-corrected chi connectivity index (χ4v) is 1.39. The highest BCUT2D eigenvalue weighted by Gasteiger charge is 2.41. The first-order valence-electron chi connectivity index (χ1n) is 4.84. The number of ketones is 1. The van der Waals surface area contributed by atoms with Crippen molar-refractivity contribution in [1.29, 1.82) is 0 Å². The van der Waals surface area contributed by atoms with E-state index in [0.29, 0.717) is 0 Å². The van der Waals surface area contributed by atoms with E-state index in [-0.39, 0.29) is 18.5 Å². The van der Waals surface area contributed by atoms with E-state index in [0.717, 1.165) is 0 Å². The van der Waals surface area contributed by atoms with Crippen LogP contribution in [0.4, 0.5) is 0 Å². The number of aliphatic carboxylic acids is 1. The monoisotopic (exact) mass is 222 g/mol. The zero-order valence-corrected chi connectivity index (χ0v) is 8.72. The summed E-state index contributed by atoms with van der Waals surface area (Å²) in [6.45, 7) is 0.0430. The second-order valence-electron chi connectivity index (χ2n) is 3.51. The molecule has 1 atom stereocenters. The summed E-state index contributed by atoms with van der Waals surface area (Å²) in [6, 6.07) is 8.10. The summed E-state index contributed by atoms with van der Waals surface area (Å²) >= 11 is 0. The zero-order valence-electron chi connectivity index (χ0n) is 8.72. The molecule has 0 bridgehead atoms. The van der Waals surface area contributed by atoms with Crippen LogP contribution in [0, 0.1) is 0 Å². The zero-order chi connectivity index (χ0) is 12.2. The Morgan fingerprint density at radius 2 is 1.81 bits per heavy atom. The molecule has 16 heavy (non-hydrogen) atoms. The van der Waals surface area contributed by atoms with Gasteiger partial charge in [0.05, 0.1) is 0 Å². The molecule has 0 heterocycles. The molecule has 0 radical (unpaired) electrons. The SMILES string of the molecule is NCCC(N)(C(=O)O)C(=O)c1ccccc1. The smallest absolute Gasteiger partial charge is 0.331 e. The first kappa shape index (κ1) is 12.4. The maximum absolute atomic E-state index is 11.9. The molecular formula is C11H14N2O3. The van der Waals surface area contributed by atoms with E-state index in [1.807, 2.05) is 0 Å². The normalized spacial score (nSPS) is 14.1. The molecule has 0 aliphatic rings. The predicted octanol–water partition coefficient (Wildman–Crippen LogP) is 0.000200. The van der Waals surface area contributed by atoms with Crippen LogP contribution in [0.3, 0.4) is 0 Å². The number of carbonyl (C=O) groups is 2. The number of nitrogens with two attached hydrogens (primary N) is 2. The van der Waals surface area contributed by atoms with Crippen molar-refractivity contribution in [2.24, 2.45) is 11.5 Å². The fraction of sp³-hybridized carbons (Fsp3) is 0.273. The van der Waals surface area contributed by atoms with Crippen LogP contribution >= 0.6 is 0 Å². The molecule has 5 N–H and O–H groups in total. The molecule has 5 heteroatoms. The van der Waals surface area contributed by atoms with E-state index in [1.165, 1.54) is 12.1 Å². The highest BCUT2D eigenvalue weighted by Crippen LogP contribution is 2.15. The first-order chi connectivity index (χ1) is 7.52. The van der Waals surface area contributed by atoms with Crippen LogP contribution in [-0.2, 0) is 4.79 Å². The van der Waals surface area contributed by atoms with Crippen molar-refractivity contribution in [2.75, 3.05) is 6.54 Å². The molecule has 0 spiro atoms. The van der Waals surface area contributed by atoms with Gasteiger partial charge in [0.2, 0.25) is 0 Å². The average Bonchev–Trinajstić information content (AvgIpc) is 2.29. The Bertz CT molecular complexity index is 391. The number of benzene rings is 1. The molecule has 1 rings (SSSR count). The lowest BCUT2D eigenvalue weighted by Crippen LogP contribution is -2.56. The van der Waals surface area contributed by atoms with Crippen molar-refractivity contribution in [3.8, 4) is 0 Å². The van der Waals surface area contributed by atoms with Gasteiger partial charge in [0.15, 0.2) is 11.3 Å². The second kappa shape index (κ2) is 4.87. The van der Waals surface area contributed by atoms with E-state index in [9.17, 15) is 9.59 Å². The maximum atomic E-state index is 11.9. The van der Waals surface area contributed by atoms with Crippen molar-refractivity contribution >= 4 is 11.8 Å². The molecule has 0 aliphatic carbocycles. The van der Waals surface area contributed by atoms with E-state index in [4.69, 9.17) is 16.6 Å². The lowest BCUT2D eigenvalue weighted by atomic mass is 9.87. The number of Topliss-reactive ketones (excluding diaryl/α,β-unsaturated/α-hetero) is 1. The molecule has 0 saturated carbocycles. The van der Waals surface area contributed by atoms with Crippen LogP contribution in [0.1, 0.15) is 16.8 Å². The largest absolute Gasteiger partial charge is 0.480 e. The fourth-order valence-electron chi connectivity index (χ4n) is 1.39. The quantitative estimate of drug-likeness (QED) is 0.480. The van der Waals surface area contributed by atoms with Gasteiger partial charge >= 0.3 is 5.97 Å². The molecule has 1 unspecified atom stereocenters. The second-order valence-corrected chi connectivity index (χ2v) is 3.51. The summed E-state index contributed by atoms with van der Waals surface area (Å²) in [4.78, 5) is 23.0.